The quantitative estimate of drug-likeness (QED) is 0.678. The van der Waals surface area contributed by atoms with Crippen LogP contribution >= 0.6 is 28.3 Å². The van der Waals surface area contributed by atoms with Crippen molar-refractivity contribution < 1.29 is 9.47 Å². The summed E-state index contributed by atoms with van der Waals surface area (Å²) < 4.78 is 11.9. The van der Waals surface area contributed by atoms with Crippen molar-refractivity contribution in [2.24, 2.45) is 0 Å². The van der Waals surface area contributed by atoms with E-state index < -0.39 is 0 Å². The molecule has 0 saturated carbocycles. The lowest BCUT2D eigenvalue weighted by Gasteiger charge is -2.14. The molecule has 6 heteroatoms. The van der Waals surface area contributed by atoms with E-state index in [0.29, 0.717) is 24.7 Å². The van der Waals surface area contributed by atoms with Crippen molar-refractivity contribution >= 4 is 28.3 Å². The molecule has 0 aliphatic heterocycles. The zero-order chi connectivity index (χ0) is 15.8. The molecular formula is C17H20BrClN2O2. The standard InChI is InChI=1S/C17H19BrN2O2.ClH/c1-3-8-22-17-15(18)9-13(10-16(17)21-2)11-19-12-14-6-4-5-7-20-14;/h3-7,9-10,19H,1,8,11-12H2,2H3;1H. The largest absolute Gasteiger partial charge is 0.493 e. The summed E-state index contributed by atoms with van der Waals surface area (Å²) in [6.07, 6.45) is 3.50. The van der Waals surface area contributed by atoms with E-state index in [1.807, 2.05) is 30.3 Å². The van der Waals surface area contributed by atoms with E-state index in [1.165, 1.54) is 0 Å². The molecule has 2 aromatic rings. The zero-order valence-electron chi connectivity index (χ0n) is 12.9. The number of hydrogen-bond acceptors (Lipinski definition) is 4. The molecule has 4 nitrogen and oxygen atoms in total. The van der Waals surface area contributed by atoms with Crippen LogP contribution in [0.1, 0.15) is 11.3 Å². The Morgan fingerprint density at radius 3 is 2.78 bits per heavy atom. The Labute approximate surface area is 151 Å². The smallest absolute Gasteiger partial charge is 0.175 e. The van der Waals surface area contributed by atoms with Crippen molar-refractivity contribution in [1.29, 1.82) is 0 Å². The van der Waals surface area contributed by atoms with Gasteiger partial charge in [-0.05, 0) is 45.8 Å². The number of ether oxygens (including phenoxy) is 2. The number of benzene rings is 1. The lowest BCUT2D eigenvalue weighted by Crippen LogP contribution is -2.13. The lowest BCUT2D eigenvalue weighted by atomic mass is 10.2. The highest BCUT2D eigenvalue weighted by atomic mass is 79.9. The minimum absolute atomic E-state index is 0. The molecule has 0 fully saturated rings. The first-order valence-corrected chi connectivity index (χ1v) is 7.74. The highest BCUT2D eigenvalue weighted by Gasteiger charge is 2.11. The third kappa shape index (κ3) is 5.86. The van der Waals surface area contributed by atoms with Crippen molar-refractivity contribution in [3.05, 3.63) is 64.9 Å². The minimum Gasteiger partial charge on any atom is -0.493 e. The Kier molecular flexibility index (Phi) is 8.69. The van der Waals surface area contributed by atoms with Gasteiger partial charge in [0, 0.05) is 19.3 Å². The number of rotatable bonds is 8. The van der Waals surface area contributed by atoms with Gasteiger partial charge >= 0.3 is 0 Å². The van der Waals surface area contributed by atoms with Gasteiger partial charge < -0.3 is 14.8 Å². The second-order valence-electron chi connectivity index (χ2n) is 4.63. The molecule has 1 heterocycles. The van der Waals surface area contributed by atoms with Crippen molar-refractivity contribution in [3.8, 4) is 11.5 Å². The number of nitrogens with one attached hydrogen (secondary N) is 1. The molecule has 0 unspecified atom stereocenters. The molecule has 0 saturated heterocycles. The summed E-state index contributed by atoms with van der Waals surface area (Å²) in [5.41, 5.74) is 2.12. The first-order chi connectivity index (χ1) is 10.7. The molecular weight excluding hydrogens is 380 g/mol. The molecule has 0 radical (unpaired) electrons. The van der Waals surface area contributed by atoms with Gasteiger partial charge in [-0.1, -0.05) is 18.7 Å². The van der Waals surface area contributed by atoms with E-state index in [4.69, 9.17) is 9.47 Å². The first-order valence-electron chi connectivity index (χ1n) is 6.95. The Morgan fingerprint density at radius 1 is 1.30 bits per heavy atom. The summed E-state index contributed by atoms with van der Waals surface area (Å²) in [4.78, 5) is 4.28. The summed E-state index contributed by atoms with van der Waals surface area (Å²) in [6.45, 7) is 5.52. The number of halogens is 2. The number of aromatic nitrogens is 1. The van der Waals surface area contributed by atoms with Gasteiger partial charge in [0.05, 0.1) is 17.3 Å². The summed E-state index contributed by atoms with van der Waals surface area (Å²) in [5.74, 6) is 1.39. The third-order valence-electron chi connectivity index (χ3n) is 3.00. The Balaban J connectivity index is 0.00000264. The van der Waals surface area contributed by atoms with Gasteiger partial charge in [-0.15, -0.1) is 12.4 Å². The maximum Gasteiger partial charge on any atom is 0.175 e. The van der Waals surface area contributed by atoms with E-state index >= 15 is 0 Å². The van der Waals surface area contributed by atoms with Gasteiger partial charge in [-0.25, -0.2) is 0 Å². The van der Waals surface area contributed by atoms with E-state index in [1.54, 1.807) is 19.4 Å². The Morgan fingerprint density at radius 2 is 2.13 bits per heavy atom. The SMILES string of the molecule is C=CCOc1c(Br)cc(CNCc2ccccn2)cc1OC.Cl. The third-order valence-corrected chi connectivity index (χ3v) is 3.59. The molecule has 0 bridgehead atoms. The monoisotopic (exact) mass is 398 g/mol. The topological polar surface area (TPSA) is 43.4 Å². The van der Waals surface area contributed by atoms with Gasteiger partial charge in [0.25, 0.3) is 0 Å². The van der Waals surface area contributed by atoms with Crippen molar-refractivity contribution in [2.45, 2.75) is 13.1 Å². The molecule has 2 rings (SSSR count). The maximum atomic E-state index is 5.62. The molecule has 1 N–H and O–H groups in total. The fraction of sp³-hybridized carbons (Fsp3) is 0.235. The summed E-state index contributed by atoms with van der Waals surface area (Å²) in [7, 11) is 1.63. The average molecular weight is 400 g/mol. The lowest BCUT2D eigenvalue weighted by molar-refractivity contribution is 0.324. The molecule has 124 valence electrons. The van der Waals surface area contributed by atoms with Crippen molar-refractivity contribution in [1.82, 2.24) is 10.3 Å². The summed E-state index contributed by atoms with van der Waals surface area (Å²) in [5, 5.41) is 3.36. The fourth-order valence-electron chi connectivity index (χ4n) is 2.00. The van der Waals surface area contributed by atoms with Crippen molar-refractivity contribution in [2.75, 3.05) is 13.7 Å². The van der Waals surface area contributed by atoms with E-state index in [2.05, 4.69) is 32.8 Å². The van der Waals surface area contributed by atoms with E-state index in [0.717, 1.165) is 22.3 Å². The van der Waals surface area contributed by atoms with Gasteiger partial charge in [-0.2, -0.15) is 0 Å². The predicted octanol–water partition coefficient (Wildman–Crippen LogP) is 4.13. The second-order valence-corrected chi connectivity index (χ2v) is 5.49. The van der Waals surface area contributed by atoms with Crippen LogP contribution in [0.3, 0.4) is 0 Å². The second kappa shape index (κ2) is 10.3. The zero-order valence-corrected chi connectivity index (χ0v) is 15.3. The van der Waals surface area contributed by atoms with Crippen LogP contribution in [0.2, 0.25) is 0 Å². The van der Waals surface area contributed by atoms with Gasteiger partial charge in [0.2, 0.25) is 0 Å². The number of hydrogen-bond donors (Lipinski definition) is 1. The maximum absolute atomic E-state index is 5.62. The predicted molar refractivity (Wildman–Crippen MR) is 98.4 cm³/mol. The molecule has 0 aliphatic carbocycles. The van der Waals surface area contributed by atoms with Gasteiger partial charge in [0.1, 0.15) is 6.61 Å². The minimum atomic E-state index is 0. The van der Waals surface area contributed by atoms with E-state index in [9.17, 15) is 0 Å². The first kappa shape index (κ1) is 19.5. The van der Waals surface area contributed by atoms with Crippen LogP contribution in [0.4, 0.5) is 0 Å². The van der Waals surface area contributed by atoms with Crippen LogP contribution in [0.5, 0.6) is 11.5 Å². The highest BCUT2D eigenvalue weighted by molar-refractivity contribution is 9.10. The molecule has 0 spiro atoms. The van der Waals surface area contributed by atoms with Crippen LogP contribution < -0.4 is 14.8 Å². The normalized spacial score (nSPS) is 9.83. The molecule has 23 heavy (non-hydrogen) atoms. The van der Waals surface area contributed by atoms with Crippen molar-refractivity contribution in [3.63, 3.8) is 0 Å². The Bertz CT molecular complexity index is 623. The Hall–Kier alpha value is -1.56. The molecule has 1 aromatic carbocycles. The average Bonchev–Trinajstić information content (AvgIpc) is 2.54. The molecule has 0 aliphatic rings. The summed E-state index contributed by atoms with van der Waals surface area (Å²) >= 11 is 3.53. The van der Waals surface area contributed by atoms with Gasteiger partial charge in [0.15, 0.2) is 11.5 Å². The number of methoxy groups -OCH3 is 1. The van der Waals surface area contributed by atoms with Crippen LogP contribution in [-0.4, -0.2) is 18.7 Å². The van der Waals surface area contributed by atoms with Crippen LogP contribution in [-0.2, 0) is 13.1 Å². The van der Waals surface area contributed by atoms with Crippen LogP contribution in [0.15, 0.2) is 53.7 Å². The van der Waals surface area contributed by atoms with E-state index in [-0.39, 0.29) is 12.4 Å². The van der Waals surface area contributed by atoms with Crippen LogP contribution in [0.25, 0.3) is 0 Å². The van der Waals surface area contributed by atoms with Crippen LogP contribution in [0, 0.1) is 0 Å². The van der Waals surface area contributed by atoms with Gasteiger partial charge in [-0.3, -0.25) is 4.98 Å². The molecule has 0 atom stereocenters. The number of nitrogens with zero attached hydrogens (tertiary/aromatic N) is 1. The molecule has 0 amide bonds. The number of pyridine rings is 1. The highest BCUT2D eigenvalue weighted by Crippen LogP contribution is 2.36. The fourth-order valence-corrected chi connectivity index (χ4v) is 2.60. The summed E-state index contributed by atoms with van der Waals surface area (Å²) in [6, 6.07) is 9.87. The molecule has 1 aromatic heterocycles.